The van der Waals surface area contributed by atoms with Crippen LogP contribution < -0.4 is 10.6 Å². The number of hydrogen-bond acceptors (Lipinski definition) is 5. The molecule has 30 heavy (non-hydrogen) atoms. The van der Waals surface area contributed by atoms with Crippen LogP contribution in [0.2, 0.25) is 0 Å². The molecular formula is C19H31F3IN5OS. The average molecular weight is 561 g/mol. The van der Waals surface area contributed by atoms with Crippen molar-refractivity contribution in [2.75, 3.05) is 46.4 Å². The van der Waals surface area contributed by atoms with Crippen molar-refractivity contribution < 1.29 is 17.9 Å². The van der Waals surface area contributed by atoms with Gasteiger partial charge < -0.3 is 15.4 Å². The molecule has 0 amide bonds. The van der Waals surface area contributed by atoms with Gasteiger partial charge in [0.25, 0.3) is 0 Å². The topological polar surface area (TPSA) is 61.8 Å². The normalized spacial score (nSPS) is 20.5. The fourth-order valence-electron chi connectivity index (χ4n) is 4.17. The summed E-state index contributed by atoms with van der Waals surface area (Å²) in [5, 5.41) is 8.20. The summed E-state index contributed by atoms with van der Waals surface area (Å²) in [6.45, 7) is 4.76. The van der Waals surface area contributed by atoms with Crippen molar-refractivity contribution in [2.24, 2.45) is 4.99 Å². The second-order valence-corrected chi connectivity index (χ2v) is 8.55. The van der Waals surface area contributed by atoms with Crippen molar-refractivity contribution in [3.8, 4) is 0 Å². The molecule has 1 aromatic rings. The molecule has 1 aliphatic heterocycles. The SMILES string of the molecule is CN=C(NCCc1nc(C(F)(F)F)cs1)NCC1(N2CCOCC2)CCCCC1.I. The number of morpholine rings is 1. The Balaban J connectivity index is 0.00000320. The van der Waals surface area contributed by atoms with Gasteiger partial charge in [-0.15, -0.1) is 35.3 Å². The molecule has 1 saturated heterocycles. The highest BCUT2D eigenvalue weighted by atomic mass is 127. The van der Waals surface area contributed by atoms with E-state index < -0.39 is 11.9 Å². The molecule has 0 spiro atoms. The van der Waals surface area contributed by atoms with Crippen LogP contribution in [0.3, 0.4) is 0 Å². The zero-order valence-corrected chi connectivity index (χ0v) is 20.4. The van der Waals surface area contributed by atoms with Gasteiger partial charge in [-0.3, -0.25) is 9.89 Å². The van der Waals surface area contributed by atoms with Gasteiger partial charge in [0, 0.05) is 50.6 Å². The monoisotopic (exact) mass is 561 g/mol. The maximum absolute atomic E-state index is 12.7. The van der Waals surface area contributed by atoms with Gasteiger partial charge in [-0.25, -0.2) is 4.98 Å². The van der Waals surface area contributed by atoms with E-state index in [-0.39, 0.29) is 29.5 Å². The molecule has 3 rings (SSSR count). The summed E-state index contributed by atoms with van der Waals surface area (Å²) in [7, 11) is 1.71. The number of halogens is 4. The van der Waals surface area contributed by atoms with Crippen molar-refractivity contribution in [1.29, 1.82) is 0 Å². The van der Waals surface area contributed by atoms with Crippen LogP contribution in [0.4, 0.5) is 13.2 Å². The molecule has 11 heteroatoms. The number of hydrogen-bond donors (Lipinski definition) is 2. The number of aromatic nitrogens is 1. The lowest BCUT2D eigenvalue weighted by Gasteiger charge is -2.48. The van der Waals surface area contributed by atoms with Crippen LogP contribution in [0.1, 0.15) is 42.8 Å². The van der Waals surface area contributed by atoms with Crippen LogP contribution >= 0.6 is 35.3 Å². The first-order valence-corrected chi connectivity index (χ1v) is 11.1. The minimum Gasteiger partial charge on any atom is -0.379 e. The Hall–Kier alpha value is -0.660. The van der Waals surface area contributed by atoms with Crippen LogP contribution in [-0.2, 0) is 17.3 Å². The third-order valence-corrected chi connectivity index (χ3v) is 6.66. The van der Waals surface area contributed by atoms with E-state index in [1.165, 1.54) is 19.3 Å². The van der Waals surface area contributed by atoms with Gasteiger partial charge in [-0.2, -0.15) is 13.2 Å². The Kier molecular flexibility index (Phi) is 10.1. The first-order valence-electron chi connectivity index (χ1n) is 10.2. The third-order valence-electron chi connectivity index (χ3n) is 5.75. The zero-order chi connectivity index (χ0) is 20.7. The standard InChI is InChI=1S/C19H30F3N5OS.HI/c1-23-17(24-8-5-16-26-15(13-29-16)19(20,21)22)25-14-18(6-3-2-4-7-18)27-9-11-28-12-10-27;/h13H,2-12,14H2,1H3,(H2,23,24,25);1H. The van der Waals surface area contributed by atoms with E-state index in [1.807, 2.05) is 0 Å². The predicted octanol–water partition coefficient (Wildman–Crippen LogP) is 3.52. The van der Waals surface area contributed by atoms with Gasteiger partial charge in [-0.05, 0) is 12.8 Å². The molecule has 6 nitrogen and oxygen atoms in total. The van der Waals surface area contributed by atoms with E-state index in [4.69, 9.17) is 4.74 Å². The second-order valence-electron chi connectivity index (χ2n) is 7.61. The van der Waals surface area contributed by atoms with E-state index in [9.17, 15) is 13.2 Å². The average Bonchev–Trinajstić information content (AvgIpc) is 3.21. The van der Waals surface area contributed by atoms with Crippen molar-refractivity contribution in [3.05, 3.63) is 16.1 Å². The number of guanidine groups is 1. The lowest BCUT2D eigenvalue weighted by molar-refractivity contribution is -0.140. The smallest absolute Gasteiger partial charge is 0.379 e. The van der Waals surface area contributed by atoms with E-state index in [1.54, 1.807) is 7.05 Å². The number of aliphatic imine (C=N–C) groups is 1. The fraction of sp³-hybridized carbons (Fsp3) is 0.789. The molecule has 1 aliphatic carbocycles. The highest BCUT2D eigenvalue weighted by Crippen LogP contribution is 2.34. The predicted molar refractivity (Wildman–Crippen MR) is 124 cm³/mol. The molecule has 0 radical (unpaired) electrons. The Morgan fingerprint density at radius 3 is 2.53 bits per heavy atom. The van der Waals surface area contributed by atoms with Crippen LogP contribution in [0.15, 0.2) is 10.4 Å². The molecule has 0 bridgehead atoms. The number of nitrogens with one attached hydrogen (secondary N) is 2. The maximum atomic E-state index is 12.7. The van der Waals surface area contributed by atoms with Crippen molar-refractivity contribution in [3.63, 3.8) is 0 Å². The second kappa shape index (κ2) is 11.8. The molecule has 1 saturated carbocycles. The van der Waals surface area contributed by atoms with Gasteiger partial charge in [-0.1, -0.05) is 19.3 Å². The summed E-state index contributed by atoms with van der Waals surface area (Å²) in [6.07, 6.45) is 2.12. The number of nitrogens with zero attached hydrogens (tertiary/aromatic N) is 3. The fourth-order valence-corrected chi connectivity index (χ4v) is 4.97. The number of ether oxygens (including phenoxy) is 1. The molecule has 2 N–H and O–H groups in total. The van der Waals surface area contributed by atoms with Gasteiger partial charge in [0.2, 0.25) is 0 Å². The minimum atomic E-state index is -4.38. The Bertz CT molecular complexity index is 673. The van der Waals surface area contributed by atoms with Crippen molar-refractivity contribution in [2.45, 2.75) is 50.2 Å². The summed E-state index contributed by atoms with van der Waals surface area (Å²) in [6, 6.07) is 0. The first kappa shape index (κ1) is 25.6. The third kappa shape index (κ3) is 6.92. The lowest BCUT2D eigenvalue weighted by Crippen LogP contribution is -2.60. The molecule has 1 aromatic heterocycles. The van der Waals surface area contributed by atoms with E-state index in [0.717, 1.165) is 62.4 Å². The zero-order valence-electron chi connectivity index (χ0n) is 17.3. The summed E-state index contributed by atoms with van der Waals surface area (Å²) < 4.78 is 43.5. The molecule has 0 aromatic carbocycles. The van der Waals surface area contributed by atoms with E-state index >= 15 is 0 Å². The Morgan fingerprint density at radius 2 is 1.93 bits per heavy atom. The van der Waals surface area contributed by atoms with E-state index in [0.29, 0.717) is 23.9 Å². The number of thiazole rings is 1. The van der Waals surface area contributed by atoms with Crippen LogP contribution in [-0.4, -0.2) is 67.8 Å². The first-order chi connectivity index (χ1) is 13.9. The van der Waals surface area contributed by atoms with Gasteiger partial charge in [0.15, 0.2) is 11.7 Å². The minimum absolute atomic E-state index is 0. The molecule has 0 unspecified atom stereocenters. The van der Waals surface area contributed by atoms with Crippen molar-refractivity contribution >= 4 is 41.3 Å². The summed E-state index contributed by atoms with van der Waals surface area (Å²) in [4.78, 5) is 10.5. The van der Waals surface area contributed by atoms with Gasteiger partial charge in [0.1, 0.15) is 0 Å². The Morgan fingerprint density at radius 1 is 1.23 bits per heavy atom. The van der Waals surface area contributed by atoms with E-state index in [2.05, 4.69) is 25.5 Å². The van der Waals surface area contributed by atoms with Crippen LogP contribution in [0, 0.1) is 0 Å². The molecule has 172 valence electrons. The molecule has 2 aliphatic rings. The highest BCUT2D eigenvalue weighted by molar-refractivity contribution is 14.0. The van der Waals surface area contributed by atoms with Crippen LogP contribution in [0.25, 0.3) is 0 Å². The number of rotatable bonds is 6. The molecule has 0 atom stereocenters. The van der Waals surface area contributed by atoms with Gasteiger partial charge >= 0.3 is 6.18 Å². The van der Waals surface area contributed by atoms with Crippen molar-refractivity contribution in [1.82, 2.24) is 20.5 Å². The lowest BCUT2D eigenvalue weighted by atomic mass is 9.80. The summed E-state index contributed by atoms with van der Waals surface area (Å²) >= 11 is 1.04. The molecular weight excluding hydrogens is 530 g/mol. The summed E-state index contributed by atoms with van der Waals surface area (Å²) in [5.74, 6) is 0.677. The van der Waals surface area contributed by atoms with Crippen LogP contribution in [0.5, 0.6) is 0 Å². The van der Waals surface area contributed by atoms with Gasteiger partial charge in [0.05, 0.1) is 18.2 Å². The molecule has 2 fully saturated rings. The summed E-state index contributed by atoms with van der Waals surface area (Å²) in [5.41, 5.74) is -0.693. The number of alkyl halides is 3. The molecule has 2 heterocycles. The maximum Gasteiger partial charge on any atom is 0.434 e. The highest BCUT2D eigenvalue weighted by Gasteiger charge is 2.38. The largest absolute Gasteiger partial charge is 0.434 e. The quantitative estimate of drug-likeness (QED) is 0.316. The Labute approximate surface area is 197 Å².